The van der Waals surface area contributed by atoms with Gasteiger partial charge in [-0.05, 0) is 12.8 Å². The number of unbranched alkanes of at least 4 members (excludes halogenated alkanes) is 1. The maximum Gasteiger partial charge on any atom is 0.324 e. The van der Waals surface area contributed by atoms with E-state index >= 15 is 0 Å². The summed E-state index contributed by atoms with van der Waals surface area (Å²) in [5.41, 5.74) is 0. The quantitative estimate of drug-likeness (QED) is 0.528. The third kappa shape index (κ3) is 2.02. The van der Waals surface area contributed by atoms with E-state index in [0.29, 0.717) is 25.8 Å². The molecule has 0 aromatic heterocycles. The summed E-state index contributed by atoms with van der Waals surface area (Å²) in [7, 11) is 0. The molecule has 0 aromatic carbocycles. The fourth-order valence-corrected chi connectivity index (χ4v) is 1.38. The van der Waals surface area contributed by atoms with E-state index < -0.39 is 0 Å². The third-order valence-corrected chi connectivity index (χ3v) is 2.19. The van der Waals surface area contributed by atoms with Crippen LogP contribution in [0.15, 0.2) is 0 Å². The summed E-state index contributed by atoms with van der Waals surface area (Å²) in [4.78, 5) is 23.9. The highest BCUT2D eigenvalue weighted by atomic mass is 16.2. The molecule has 1 aliphatic rings. The summed E-state index contributed by atoms with van der Waals surface area (Å²) in [6, 6.07) is 1.27. The van der Waals surface area contributed by atoms with Gasteiger partial charge in [0.1, 0.15) is 6.04 Å². The fourth-order valence-electron chi connectivity index (χ4n) is 1.38. The third-order valence-electron chi connectivity index (χ3n) is 2.19. The molecule has 0 saturated carbocycles. The van der Waals surface area contributed by atoms with Crippen LogP contribution in [0.5, 0.6) is 0 Å². The topological polar surface area (TPSA) is 73.2 Å². The summed E-state index contributed by atoms with van der Waals surface area (Å²) < 4.78 is 0. The van der Waals surface area contributed by atoms with Crippen LogP contribution in [-0.2, 0) is 4.79 Å². The molecule has 1 atom stereocenters. The monoisotopic (exact) mass is 195 g/mol. The second-order valence-corrected chi connectivity index (χ2v) is 3.16. The van der Waals surface area contributed by atoms with E-state index in [4.69, 9.17) is 5.26 Å². The minimum absolute atomic E-state index is 0.171. The molecule has 3 amide bonds. The standard InChI is InChI=1S/C9H13N3O2/c1-2-7-8(13)12(9(14)11-7)6-4-3-5-10/h7H,2-4,6H2,1H3,(H,11,14). The van der Waals surface area contributed by atoms with E-state index in [2.05, 4.69) is 5.32 Å². The zero-order chi connectivity index (χ0) is 10.6. The Balaban J connectivity index is 2.49. The number of amides is 3. The van der Waals surface area contributed by atoms with Crippen molar-refractivity contribution >= 4 is 11.9 Å². The first-order valence-electron chi connectivity index (χ1n) is 4.69. The molecule has 0 radical (unpaired) electrons. The van der Waals surface area contributed by atoms with Gasteiger partial charge in [-0.15, -0.1) is 0 Å². The van der Waals surface area contributed by atoms with Crippen molar-refractivity contribution in [2.45, 2.75) is 32.2 Å². The molecule has 5 nitrogen and oxygen atoms in total. The van der Waals surface area contributed by atoms with Gasteiger partial charge >= 0.3 is 6.03 Å². The van der Waals surface area contributed by atoms with Crippen molar-refractivity contribution < 1.29 is 9.59 Å². The van der Waals surface area contributed by atoms with Crippen LogP contribution in [0.3, 0.4) is 0 Å². The summed E-state index contributed by atoms with van der Waals surface area (Å²) in [5, 5.41) is 10.9. The molecule has 1 unspecified atom stereocenters. The van der Waals surface area contributed by atoms with E-state index in [1.807, 2.05) is 13.0 Å². The van der Waals surface area contributed by atoms with Gasteiger partial charge in [0, 0.05) is 13.0 Å². The van der Waals surface area contributed by atoms with Crippen molar-refractivity contribution in [3.63, 3.8) is 0 Å². The molecule has 1 N–H and O–H groups in total. The molecule has 1 heterocycles. The van der Waals surface area contributed by atoms with Crippen molar-refractivity contribution in [2.24, 2.45) is 0 Å². The number of nitrogens with one attached hydrogen (secondary N) is 1. The van der Waals surface area contributed by atoms with E-state index in [1.54, 1.807) is 0 Å². The van der Waals surface area contributed by atoms with Gasteiger partial charge in [0.05, 0.1) is 6.07 Å². The van der Waals surface area contributed by atoms with Gasteiger partial charge in [-0.2, -0.15) is 5.26 Å². The molecule has 1 rings (SSSR count). The second-order valence-electron chi connectivity index (χ2n) is 3.16. The predicted molar refractivity (Wildman–Crippen MR) is 49.2 cm³/mol. The fraction of sp³-hybridized carbons (Fsp3) is 0.667. The van der Waals surface area contributed by atoms with Crippen LogP contribution in [0.25, 0.3) is 0 Å². The van der Waals surface area contributed by atoms with E-state index in [9.17, 15) is 9.59 Å². The Morgan fingerprint density at radius 2 is 2.29 bits per heavy atom. The minimum Gasteiger partial charge on any atom is -0.326 e. The zero-order valence-corrected chi connectivity index (χ0v) is 8.12. The Kier molecular flexibility index (Phi) is 3.46. The van der Waals surface area contributed by atoms with E-state index in [0.717, 1.165) is 0 Å². The number of imide groups is 1. The Labute approximate surface area is 82.7 Å². The average molecular weight is 195 g/mol. The molecule has 0 aromatic rings. The van der Waals surface area contributed by atoms with Crippen LogP contribution in [0.1, 0.15) is 26.2 Å². The maximum atomic E-state index is 11.5. The molecular formula is C9H13N3O2. The first-order valence-corrected chi connectivity index (χ1v) is 4.69. The smallest absolute Gasteiger partial charge is 0.324 e. The van der Waals surface area contributed by atoms with Crippen molar-refractivity contribution in [2.75, 3.05) is 6.54 Å². The molecule has 76 valence electrons. The zero-order valence-electron chi connectivity index (χ0n) is 8.12. The van der Waals surface area contributed by atoms with Crippen LogP contribution in [0.2, 0.25) is 0 Å². The summed E-state index contributed by atoms with van der Waals surface area (Å²) in [6.07, 6.45) is 1.53. The van der Waals surface area contributed by atoms with Crippen LogP contribution in [0.4, 0.5) is 4.79 Å². The summed E-state index contributed by atoms with van der Waals surface area (Å²) in [6.45, 7) is 2.19. The van der Waals surface area contributed by atoms with Crippen LogP contribution >= 0.6 is 0 Å². The average Bonchev–Trinajstić information content (AvgIpc) is 2.45. The molecule has 1 aliphatic heterocycles. The first kappa shape index (κ1) is 10.5. The highest BCUT2D eigenvalue weighted by Gasteiger charge is 2.35. The number of carbonyl (C=O) groups excluding carboxylic acids is 2. The summed E-state index contributed by atoms with van der Waals surface area (Å²) in [5.74, 6) is -0.171. The van der Waals surface area contributed by atoms with Gasteiger partial charge in [-0.3, -0.25) is 9.69 Å². The molecule has 1 fully saturated rings. The normalized spacial score (nSPS) is 20.9. The lowest BCUT2D eigenvalue weighted by Gasteiger charge is -2.10. The highest BCUT2D eigenvalue weighted by molar-refractivity contribution is 6.04. The first-order chi connectivity index (χ1) is 6.70. The van der Waals surface area contributed by atoms with Crippen LogP contribution < -0.4 is 5.32 Å². The number of nitriles is 1. The number of rotatable bonds is 4. The summed E-state index contributed by atoms with van der Waals surface area (Å²) >= 11 is 0. The molecular weight excluding hydrogens is 182 g/mol. The minimum atomic E-state index is -0.371. The molecule has 5 heteroatoms. The highest BCUT2D eigenvalue weighted by Crippen LogP contribution is 2.09. The number of hydrogen-bond acceptors (Lipinski definition) is 3. The van der Waals surface area contributed by atoms with E-state index in [-0.39, 0.29) is 18.0 Å². The van der Waals surface area contributed by atoms with Crippen molar-refractivity contribution in [3.8, 4) is 6.07 Å². The second kappa shape index (κ2) is 4.61. The van der Waals surface area contributed by atoms with Gasteiger partial charge in [0.2, 0.25) is 0 Å². The maximum absolute atomic E-state index is 11.5. The van der Waals surface area contributed by atoms with Crippen LogP contribution in [0, 0.1) is 11.3 Å². The van der Waals surface area contributed by atoms with Crippen molar-refractivity contribution in [3.05, 3.63) is 0 Å². The SMILES string of the molecule is CCC1NC(=O)N(CCCC#N)C1=O. The van der Waals surface area contributed by atoms with Crippen molar-refractivity contribution in [1.29, 1.82) is 5.26 Å². The van der Waals surface area contributed by atoms with Gasteiger partial charge in [0.15, 0.2) is 0 Å². The van der Waals surface area contributed by atoms with Gasteiger partial charge < -0.3 is 5.32 Å². The molecule has 0 bridgehead atoms. The number of urea groups is 1. The number of carbonyl (C=O) groups is 2. The van der Waals surface area contributed by atoms with Gasteiger partial charge in [-0.1, -0.05) is 6.92 Å². The molecule has 0 spiro atoms. The Bertz CT molecular complexity index is 282. The molecule has 1 saturated heterocycles. The van der Waals surface area contributed by atoms with E-state index in [1.165, 1.54) is 4.90 Å². The lowest BCUT2D eigenvalue weighted by Crippen LogP contribution is -2.32. The Morgan fingerprint density at radius 3 is 2.79 bits per heavy atom. The number of nitrogens with zero attached hydrogens (tertiary/aromatic N) is 2. The lowest BCUT2D eigenvalue weighted by atomic mass is 10.2. The largest absolute Gasteiger partial charge is 0.326 e. The predicted octanol–water partition coefficient (Wildman–Crippen LogP) is 0.621. The van der Waals surface area contributed by atoms with Gasteiger partial charge in [-0.25, -0.2) is 4.79 Å². The Hall–Kier alpha value is -1.57. The Morgan fingerprint density at radius 1 is 1.57 bits per heavy atom. The number of hydrogen-bond donors (Lipinski definition) is 1. The van der Waals surface area contributed by atoms with Crippen LogP contribution in [-0.4, -0.2) is 29.4 Å². The van der Waals surface area contributed by atoms with Gasteiger partial charge in [0.25, 0.3) is 5.91 Å². The molecule has 14 heavy (non-hydrogen) atoms. The molecule has 0 aliphatic carbocycles. The lowest BCUT2D eigenvalue weighted by molar-refractivity contribution is -0.127. The van der Waals surface area contributed by atoms with Crippen molar-refractivity contribution in [1.82, 2.24) is 10.2 Å².